The highest BCUT2D eigenvalue weighted by Crippen LogP contribution is 2.47. The molecule has 3 aromatic rings. The molecule has 0 bridgehead atoms. The van der Waals surface area contributed by atoms with Crippen LogP contribution < -0.4 is 9.47 Å². The highest BCUT2D eigenvalue weighted by molar-refractivity contribution is 7.89. The molecule has 2 heterocycles. The predicted octanol–water partition coefficient (Wildman–Crippen LogP) is 10.9. The van der Waals surface area contributed by atoms with Crippen LogP contribution in [0.3, 0.4) is 0 Å². The van der Waals surface area contributed by atoms with Crippen molar-refractivity contribution in [2.75, 3.05) is 33.4 Å². The van der Waals surface area contributed by atoms with Crippen LogP contribution in [-0.4, -0.2) is 86.6 Å². The molecule has 13 heteroatoms. The fourth-order valence-corrected chi connectivity index (χ4v) is 12.0. The maximum Gasteiger partial charge on any atom is 0.412 e. The van der Waals surface area contributed by atoms with Crippen LogP contribution in [0.1, 0.15) is 139 Å². The van der Waals surface area contributed by atoms with Crippen molar-refractivity contribution in [3.8, 4) is 11.5 Å². The molecule has 2 atom stereocenters. The van der Waals surface area contributed by atoms with E-state index in [0.29, 0.717) is 31.1 Å². The number of amides is 1. The monoisotopic (exact) mass is 906 g/mol. The molecule has 11 nitrogen and oxygen atoms in total. The third kappa shape index (κ3) is 11.7. The van der Waals surface area contributed by atoms with Gasteiger partial charge in [-0.3, -0.25) is 4.90 Å². The van der Waals surface area contributed by atoms with Crippen LogP contribution in [0.4, 0.5) is 4.79 Å². The molecule has 0 unspecified atom stereocenters. The topological polar surface area (TPSA) is 121 Å². The van der Waals surface area contributed by atoms with Gasteiger partial charge in [0.05, 0.1) is 36.3 Å². The molecule has 1 amide bonds. The molecule has 6 rings (SSSR count). The van der Waals surface area contributed by atoms with E-state index < -0.39 is 39.6 Å². The van der Waals surface area contributed by atoms with E-state index in [4.69, 9.17) is 23.7 Å². The van der Waals surface area contributed by atoms with Gasteiger partial charge in [-0.2, -0.15) is 4.31 Å². The van der Waals surface area contributed by atoms with Crippen molar-refractivity contribution in [1.29, 1.82) is 0 Å². The van der Waals surface area contributed by atoms with E-state index in [1.807, 2.05) is 72.7 Å². The summed E-state index contributed by atoms with van der Waals surface area (Å²) in [6.07, 6.45) is 6.78. The Morgan fingerprint density at radius 3 is 2.30 bits per heavy atom. The Hall–Kier alpha value is -3.91. The van der Waals surface area contributed by atoms with Gasteiger partial charge in [0.2, 0.25) is 10.0 Å². The van der Waals surface area contributed by atoms with Crippen molar-refractivity contribution in [3.05, 3.63) is 80.5 Å². The second kappa shape index (κ2) is 19.7. The van der Waals surface area contributed by atoms with Crippen LogP contribution >= 0.6 is 11.3 Å². The summed E-state index contributed by atoms with van der Waals surface area (Å²) >= 11 is 1.78. The number of hydrogen-bond donors (Lipinski definition) is 0. The summed E-state index contributed by atoms with van der Waals surface area (Å²) in [6.45, 7) is 20.9. The van der Waals surface area contributed by atoms with Crippen molar-refractivity contribution in [2.45, 2.75) is 155 Å². The quantitative estimate of drug-likeness (QED) is 0.0963. The van der Waals surface area contributed by atoms with Gasteiger partial charge in [0, 0.05) is 22.8 Å². The van der Waals surface area contributed by atoms with Gasteiger partial charge in [-0.05, 0) is 156 Å². The number of hydrogen-bond acceptors (Lipinski definition) is 10. The van der Waals surface area contributed by atoms with Crippen LogP contribution in [0, 0.1) is 11.3 Å². The fourth-order valence-electron chi connectivity index (χ4n) is 9.00. The van der Waals surface area contributed by atoms with Gasteiger partial charge in [0.25, 0.3) is 0 Å². The van der Waals surface area contributed by atoms with E-state index in [1.165, 1.54) is 25.9 Å². The van der Waals surface area contributed by atoms with E-state index in [0.717, 1.165) is 67.4 Å². The van der Waals surface area contributed by atoms with Crippen LogP contribution in [0.5, 0.6) is 11.5 Å². The number of esters is 1. The summed E-state index contributed by atoms with van der Waals surface area (Å²) in [4.78, 5) is 31.9. The third-order valence-electron chi connectivity index (χ3n) is 12.1. The Kier molecular flexibility index (Phi) is 15.2. The Morgan fingerprint density at radius 2 is 1.67 bits per heavy atom. The summed E-state index contributed by atoms with van der Waals surface area (Å²) in [5.74, 6) is 1.10. The molecule has 0 N–H and O–H groups in total. The van der Waals surface area contributed by atoms with Crippen molar-refractivity contribution in [1.82, 2.24) is 9.21 Å². The molecule has 346 valence electrons. The van der Waals surface area contributed by atoms with Crippen LogP contribution in [0.2, 0.25) is 0 Å². The third-order valence-corrected chi connectivity index (χ3v) is 15.3. The van der Waals surface area contributed by atoms with E-state index in [9.17, 15) is 18.0 Å². The number of aryl methyl sites for hydroxylation is 1. The van der Waals surface area contributed by atoms with E-state index in [2.05, 4.69) is 20.8 Å². The number of carbonyl (C=O) groups excluding carboxylic acids is 2. The number of sulfonamides is 1. The lowest BCUT2D eigenvalue weighted by Crippen LogP contribution is -2.52. The molecule has 0 spiro atoms. The number of methoxy groups -OCH3 is 1. The highest BCUT2D eigenvalue weighted by Gasteiger charge is 2.52. The molecular formula is C50H70N2O9S2. The first-order valence-corrected chi connectivity index (χ1v) is 25.0. The van der Waals surface area contributed by atoms with Crippen LogP contribution in [0.25, 0.3) is 5.57 Å². The number of fused-ring (bicyclic) bond motifs is 1. The zero-order valence-electron chi connectivity index (χ0n) is 39.4. The Bertz CT molecular complexity index is 2220. The van der Waals surface area contributed by atoms with Crippen molar-refractivity contribution in [3.63, 3.8) is 0 Å². The summed E-state index contributed by atoms with van der Waals surface area (Å²) in [5, 5.41) is 0. The highest BCUT2D eigenvalue weighted by atomic mass is 32.2. The van der Waals surface area contributed by atoms with E-state index in [1.54, 1.807) is 47.6 Å². The lowest BCUT2D eigenvalue weighted by molar-refractivity contribution is -0.0807. The van der Waals surface area contributed by atoms with Gasteiger partial charge in [0.15, 0.2) is 0 Å². The maximum absolute atomic E-state index is 14.2. The average Bonchev–Trinajstić information content (AvgIpc) is 3.89. The van der Waals surface area contributed by atoms with Gasteiger partial charge in [-0.15, -0.1) is 11.3 Å². The number of thiophene rings is 1. The number of allylic oxidation sites excluding steroid dienone is 1. The van der Waals surface area contributed by atoms with Crippen molar-refractivity contribution >= 4 is 39.0 Å². The Balaban J connectivity index is 1.24. The normalized spacial score (nSPS) is 19.7. The van der Waals surface area contributed by atoms with Crippen LogP contribution in [-0.2, 0) is 43.5 Å². The minimum absolute atomic E-state index is 0.0219. The van der Waals surface area contributed by atoms with E-state index >= 15 is 0 Å². The molecule has 1 fully saturated rings. The fraction of sp³-hybridized carbons (Fsp3) is 0.600. The number of carbonyl (C=O) groups is 2. The number of rotatable bonds is 17. The standard InChI is InChI=1S/C50H70N2O9S2/c1-12-13-27-58-46(53)44-40-29-49(7,8)26-25-43(40)62-45(44)39-16-14-15-35(39)32-59-37-19-17-34(18-20-37)28-41-42(60-50(9,10)52(41)47(54)61-48(4,5)6)31-51(30-33(2)3)63(55,56)38-23-21-36(57-11)22-24-38/h17-24,33,41-42H,12-16,25-32H2,1-11H3/t41-,42+/m0/s1. The molecule has 63 heavy (non-hydrogen) atoms. The number of ether oxygens (including phenoxy) is 5. The van der Waals surface area contributed by atoms with E-state index in [-0.39, 0.29) is 35.3 Å². The molecule has 2 aliphatic carbocycles. The first-order chi connectivity index (χ1) is 29.6. The van der Waals surface area contributed by atoms with Gasteiger partial charge in [-0.25, -0.2) is 18.0 Å². The zero-order chi connectivity index (χ0) is 45.9. The summed E-state index contributed by atoms with van der Waals surface area (Å²) < 4.78 is 60.1. The SMILES string of the molecule is CCCCOC(=O)c1c(C2=C(COc3ccc(C[C@H]4[C@@H](CN(CC(C)C)S(=O)(=O)c5ccc(OC)cc5)OC(C)(C)N4C(=O)OC(C)(C)C)cc3)CCC2)sc2c1CC(C)(C)CC2. The van der Waals surface area contributed by atoms with Crippen molar-refractivity contribution in [2.24, 2.45) is 11.3 Å². The first kappa shape index (κ1) is 48.5. The number of benzene rings is 2. The molecule has 3 aliphatic rings. The molecular weight excluding hydrogens is 837 g/mol. The van der Waals surface area contributed by atoms with Gasteiger partial charge < -0.3 is 23.7 Å². The van der Waals surface area contributed by atoms with Gasteiger partial charge in [0.1, 0.15) is 29.4 Å². The van der Waals surface area contributed by atoms with Crippen molar-refractivity contribution < 1.29 is 41.7 Å². The summed E-state index contributed by atoms with van der Waals surface area (Å²) in [6, 6.07) is 13.7. The molecule has 2 aromatic carbocycles. The maximum atomic E-state index is 14.2. The number of unbranched alkanes of at least 4 members (excludes halogenated alkanes) is 1. The number of nitrogens with zero attached hydrogens (tertiary/aromatic N) is 2. The molecule has 1 aromatic heterocycles. The predicted molar refractivity (Wildman–Crippen MR) is 249 cm³/mol. The summed E-state index contributed by atoms with van der Waals surface area (Å²) in [5.41, 5.74) is 3.61. The van der Waals surface area contributed by atoms with Gasteiger partial charge in [-0.1, -0.05) is 53.2 Å². The first-order valence-electron chi connectivity index (χ1n) is 22.7. The minimum atomic E-state index is -3.95. The smallest absolute Gasteiger partial charge is 0.412 e. The average molecular weight is 907 g/mol. The molecule has 1 saturated heterocycles. The lowest BCUT2D eigenvalue weighted by atomic mass is 9.76. The second-order valence-corrected chi connectivity index (χ2v) is 23.1. The van der Waals surface area contributed by atoms with Gasteiger partial charge >= 0.3 is 12.1 Å². The largest absolute Gasteiger partial charge is 0.497 e. The zero-order valence-corrected chi connectivity index (χ0v) is 41.1. The molecule has 0 saturated carbocycles. The second-order valence-electron chi connectivity index (χ2n) is 20.0. The lowest BCUT2D eigenvalue weighted by Gasteiger charge is -2.35. The van der Waals surface area contributed by atoms with Crippen LogP contribution in [0.15, 0.2) is 59.0 Å². The Labute approximate surface area is 380 Å². The minimum Gasteiger partial charge on any atom is -0.497 e. The summed E-state index contributed by atoms with van der Waals surface area (Å²) in [7, 11) is -2.41. The molecule has 0 radical (unpaired) electrons. The Morgan fingerprint density at radius 1 is 0.984 bits per heavy atom. The molecule has 1 aliphatic heterocycles.